The Morgan fingerprint density at radius 3 is 2.61 bits per heavy atom. The van der Waals surface area contributed by atoms with E-state index in [0.29, 0.717) is 6.42 Å². The number of halogens is 5. The Morgan fingerprint density at radius 2 is 2.07 bits per heavy atom. The Balaban J connectivity index is 2.38. The Kier molecular flexibility index (Phi) is 7.14. The molecule has 1 fully saturated rings. The SMILES string of the molecule is CC(C)(C)OC(=O)N(CCF)[C@H]1CCCN1[C@H](c1cccc(Cl)n1)C(F)(F)F. The zero-order chi connectivity index (χ0) is 21.1. The fourth-order valence-electron chi connectivity index (χ4n) is 3.28. The molecular formula is C18H24ClF4N3O2. The van der Waals surface area contributed by atoms with Crippen LogP contribution < -0.4 is 0 Å². The lowest BCUT2D eigenvalue weighted by Gasteiger charge is -2.39. The summed E-state index contributed by atoms with van der Waals surface area (Å²) in [5.41, 5.74) is -1.12. The van der Waals surface area contributed by atoms with E-state index in [0.717, 1.165) is 9.80 Å². The number of likely N-dealkylation sites (tertiary alicyclic amines) is 1. The van der Waals surface area contributed by atoms with E-state index in [4.69, 9.17) is 16.3 Å². The van der Waals surface area contributed by atoms with Crippen molar-refractivity contribution in [3.05, 3.63) is 29.0 Å². The van der Waals surface area contributed by atoms with E-state index in [1.54, 1.807) is 20.8 Å². The second-order valence-electron chi connectivity index (χ2n) is 7.55. The summed E-state index contributed by atoms with van der Waals surface area (Å²) in [5, 5.41) is -0.0600. The highest BCUT2D eigenvalue weighted by atomic mass is 35.5. The fourth-order valence-corrected chi connectivity index (χ4v) is 3.45. The van der Waals surface area contributed by atoms with Crippen LogP contribution in [-0.2, 0) is 4.74 Å². The summed E-state index contributed by atoms with van der Waals surface area (Å²) in [5.74, 6) is 0. The standard InChI is InChI=1S/C18H24ClF4N3O2/c1-17(2,3)28-16(27)26(11-9-20)14-8-5-10-25(14)15(18(21,22)23)12-6-4-7-13(19)24-12/h4,6-7,14-15H,5,8-11H2,1-3H3/t14-,15+/m0/s1. The van der Waals surface area contributed by atoms with Crippen LogP contribution in [0.1, 0.15) is 45.3 Å². The molecule has 0 N–H and O–H groups in total. The molecule has 2 rings (SSSR count). The molecule has 28 heavy (non-hydrogen) atoms. The van der Waals surface area contributed by atoms with Gasteiger partial charge in [0.15, 0.2) is 6.04 Å². The summed E-state index contributed by atoms with van der Waals surface area (Å²) in [6, 6.07) is 1.95. The second-order valence-corrected chi connectivity index (χ2v) is 7.94. The number of hydrogen-bond donors (Lipinski definition) is 0. The fraction of sp³-hybridized carbons (Fsp3) is 0.667. The number of rotatable bonds is 5. The molecule has 158 valence electrons. The van der Waals surface area contributed by atoms with Crippen LogP contribution in [0.4, 0.5) is 22.4 Å². The lowest BCUT2D eigenvalue weighted by atomic mass is 10.1. The van der Waals surface area contributed by atoms with Crippen molar-refractivity contribution in [2.75, 3.05) is 19.8 Å². The van der Waals surface area contributed by atoms with E-state index in [2.05, 4.69) is 4.98 Å². The van der Waals surface area contributed by atoms with Gasteiger partial charge in [-0.2, -0.15) is 13.2 Å². The Hall–Kier alpha value is -1.61. The maximum absolute atomic E-state index is 14.0. The molecule has 0 spiro atoms. The van der Waals surface area contributed by atoms with Crippen LogP contribution in [0.25, 0.3) is 0 Å². The van der Waals surface area contributed by atoms with E-state index in [9.17, 15) is 22.4 Å². The predicted molar refractivity (Wildman–Crippen MR) is 96.7 cm³/mol. The van der Waals surface area contributed by atoms with E-state index in [1.165, 1.54) is 18.2 Å². The van der Waals surface area contributed by atoms with Crippen LogP contribution in [-0.4, -0.2) is 58.6 Å². The number of pyridine rings is 1. The molecule has 1 aliphatic rings. The van der Waals surface area contributed by atoms with Crippen LogP contribution >= 0.6 is 11.6 Å². The van der Waals surface area contributed by atoms with E-state index in [-0.39, 0.29) is 30.4 Å². The molecule has 2 atom stereocenters. The minimum absolute atomic E-state index is 0.0600. The van der Waals surface area contributed by atoms with Gasteiger partial charge in [0.25, 0.3) is 0 Å². The van der Waals surface area contributed by atoms with E-state index in [1.807, 2.05) is 0 Å². The predicted octanol–water partition coefficient (Wildman–Crippen LogP) is 4.97. The van der Waals surface area contributed by atoms with Crippen molar-refractivity contribution in [1.82, 2.24) is 14.8 Å². The number of alkyl halides is 4. The summed E-state index contributed by atoms with van der Waals surface area (Å²) in [7, 11) is 0. The molecule has 0 saturated carbocycles. The van der Waals surface area contributed by atoms with Gasteiger partial charge in [-0.3, -0.25) is 9.80 Å². The van der Waals surface area contributed by atoms with Gasteiger partial charge in [-0.05, 0) is 45.7 Å². The first-order chi connectivity index (χ1) is 12.9. The smallest absolute Gasteiger partial charge is 0.411 e. The first-order valence-electron chi connectivity index (χ1n) is 8.94. The van der Waals surface area contributed by atoms with Crippen molar-refractivity contribution in [3.63, 3.8) is 0 Å². The molecule has 0 unspecified atom stereocenters. The van der Waals surface area contributed by atoms with E-state index >= 15 is 0 Å². The third-order valence-electron chi connectivity index (χ3n) is 4.23. The van der Waals surface area contributed by atoms with Crippen molar-refractivity contribution in [2.45, 2.75) is 57.6 Å². The molecule has 1 aromatic heterocycles. The van der Waals surface area contributed by atoms with Gasteiger partial charge < -0.3 is 4.74 Å². The Bertz CT molecular complexity index is 682. The first kappa shape index (κ1) is 22.7. The summed E-state index contributed by atoms with van der Waals surface area (Å²) >= 11 is 5.79. The minimum Gasteiger partial charge on any atom is -0.444 e. The van der Waals surface area contributed by atoms with Crippen LogP contribution in [0.15, 0.2) is 18.2 Å². The van der Waals surface area contributed by atoms with Crippen molar-refractivity contribution in [1.29, 1.82) is 0 Å². The molecule has 1 aromatic rings. The van der Waals surface area contributed by atoms with Gasteiger partial charge in [0.1, 0.15) is 17.4 Å². The molecular weight excluding hydrogens is 402 g/mol. The summed E-state index contributed by atoms with van der Waals surface area (Å²) < 4.78 is 60.2. The molecule has 1 aliphatic heterocycles. The molecule has 10 heteroatoms. The van der Waals surface area contributed by atoms with Crippen molar-refractivity contribution < 1.29 is 27.1 Å². The number of aromatic nitrogens is 1. The molecule has 0 aliphatic carbocycles. The second kappa shape index (κ2) is 8.82. The van der Waals surface area contributed by atoms with Crippen LogP contribution in [0.2, 0.25) is 5.15 Å². The van der Waals surface area contributed by atoms with Gasteiger partial charge >= 0.3 is 12.3 Å². The number of carbonyl (C=O) groups excluding carboxylic acids is 1. The van der Waals surface area contributed by atoms with E-state index < -0.39 is 36.8 Å². The lowest BCUT2D eigenvalue weighted by Crippen LogP contribution is -2.53. The minimum atomic E-state index is -4.66. The zero-order valence-electron chi connectivity index (χ0n) is 16.0. The Labute approximate surface area is 166 Å². The van der Waals surface area contributed by atoms with Crippen LogP contribution in [0.5, 0.6) is 0 Å². The monoisotopic (exact) mass is 425 g/mol. The largest absolute Gasteiger partial charge is 0.444 e. The molecule has 1 saturated heterocycles. The number of carbonyl (C=O) groups is 1. The van der Waals surface area contributed by atoms with Crippen LogP contribution in [0.3, 0.4) is 0 Å². The quantitative estimate of drug-likeness (QED) is 0.493. The van der Waals surface area contributed by atoms with Gasteiger partial charge in [0, 0.05) is 6.54 Å². The van der Waals surface area contributed by atoms with Crippen molar-refractivity contribution in [3.8, 4) is 0 Å². The van der Waals surface area contributed by atoms with Crippen molar-refractivity contribution >= 4 is 17.7 Å². The first-order valence-corrected chi connectivity index (χ1v) is 9.32. The maximum atomic E-state index is 14.0. The molecule has 2 heterocycles. The van der Waals surface area contributed by atoms with Gasteiger partial charge in [-0.1, -0.05) is 17.7 Å². The molecule has 0 bridgehead atoms. The molecule has 0 aromatic carbocycles. The third kappa shape index (κ3) is 5.70. The number of ether oxygens (including phenoxy) is 1. The average molecular weight is 426 g/mol. The van der Waals surface area contributed by atoms with Gasteiger partial charge in [-0.15, -0.1) is 0 Å². The topological polar surface area (TPSA) is 45.7 Å². The highest BCUT2D eigenvalue weighted by Gasteiger charge is 2.51. The van der Waals surface area contributed by atoms with Crippen LogP contribution in [0, 0.1) is 0 Å². The summed E-state index contributed by atoms with van der Waals surface area (Å²) in [6.45, 7) is 3.74. The highest BCUT2D eigenvalue weighted by Crippen LogP contribution is 2.41. The van der Waals surface area contributed by atoms with Crippen molar-refractivity contribution in [2.24, 2.45) is 0 Å². The molecule has 1 amide bonds. The van der Waals surface area contributed by atoms with Gasteiger partial charge in [0.05, 0.1) is 18.4 Å². The van der Waals surface area contributed by atoms with Gasteiger partial charge in [0.2, 0.25) is 0 Å². The normalized spacial score (nSPS) is 19.5. The Morgan fingerprint density at radius 1 is 1.39 bits per heavy atom. The number of nitrogens with zero attached hydrogens (tertiary/aromatic N) is 3. The number of amides is 1. The maximum Gasteiger partial charge on any atom is 0.411 e. The highest BCUT2D eigenvalue weighted by molar-refractivity contribution is 6.29. The van der Waals surface area contributed by atoms with Gasteiger partial charge in [-0.25, -0.2) is 14.2 Å². The zero-order valence-corrected chi connectivity index (χ0v) is 16.7. The molecule has 5 nitrogen and oxygen atoms in total. The summed E-state index contributed by atoms with van der Waals surface area (Å²) in [6.07, 6.45) is -5.77. The summed E-state index contributed by atoms with van der Waals surface area (Å²) in [4.78, 5) is 18.5. The number of hydrogen-bond acceptors (Lipinski definition) is 4. The third-order valence-corrected chi connectivity index (χ3v) is 4.44. The lowest BCUT2D eigenvalue weighted by molar-refractivity contribution is -0.196. The molecule has 0 radical (unpaired) electrons. The average Bonchev–Trinajstić information content (AvgIpc) is 2.98.